The molecule has 3 aromatic carbocycles. The molecule has 1 N–H and O–H groups in total. The zero-order valence-electron chi connectivity index (χ0n) is 21.6. The molecule has 6 nitrogen and oxygen atoms in total. The van der Waals surface area contributed by atoms with Gasteiger partial charge in [-0.2, -0.15) is 13.2 Å². The summed E-state index contributed by atoms with van der Waals surface area (Å²) in [6.45, 7) is 7.31. The monoisotopic (exact) mass is 529 g/mol. The minimum Gasteiger partial charge on any atom is -0.478 e. The Kier molecular flexibility index (Phi) is 8.70. The SMILES string of the molecule is CCCN(Cc1cccc(Oc2ccc(OC(C)(C)C(=O)O)c(C)c2)c1)C(=O)c1ccc(C(F)(F)F)cc1. The number of hydrogen-bond donors (Lipinski definition) is 1. The minimum absolute atomic E-state index is 0.183. The van der Waals surface area contributed by atoms with Gasteiger partial charge in [0.25, 0.3) is 5.91 Å². The average molecular weight is 530 g/mol. The van der Waals surface area contributed by atoms with E-state index in [1.807, 2.05) is 13.0 Å². The van der Waals surface area contributed by atoms with E-state index < -0.39 is 23.3 Å². The Morgan fingerprint density at radius 1 is 0.947 bits per heavy atom. The quantitative estimate of drug-likeness (QED) is 0.303. The van der Waals surface area contributed by atoms with E-state index in [-0.39, 0.29) is 18.0 Å². The molecule has 0 fully saturated rings. The first-order valence-corrected chi connectivity index (χ1v) is 12.1. The van der Waals surface area contributed by atoms with Gasteiger partial charge in [0.05, 0.1) is 5.56 Å². The van der Waals surface area contributed by atoms with Crippen molar-refractivity contribution in [2.24, 2.45) is 0 Å². The molecule has 0 bridgehead atoms. The van der Waals surface area contributed by atoms with Gasteiger partial charge in [-0.1, -0.05) is 19.1 Å². The summed E-state index contributed by atoms with van der Waals surface area (Å²) in [6.07, 6.45) is -3.79. The molecule has 1 amide bonds. The van der Waals surface area contributed by atoms with E-state index in [1.54, 1.807) is 48.2 Å². The van der Waals surface area contributed by atoms with Crippen LogP contribution in [-0.4, -0.2) is 34.0 Å². The fraction of sp³-hybridized carbons (Fsp3) is 0.310. The molecular formula is C29H30F3NO5. The van der Waals surface area contributed by atoms with Crippen LogP contribution in [0.4, 0.5) is 13.2 Å². The highest BCUT2D eigenvalue weighted by atomic mass is 19.4. The number of hydrogen-bond acceptors (Lipinski definition) is 4. The lowest BCUT2D eigenvalue weighted by Gasteiger charge is -2.23. The van der Waals surface area contributed by atoms with Crippen molar-refractivity contribution >= 4 is 11.9 Å². The molecular weight excluding hydrogens is 499 g/mol. The first kappa shape index (κ1) is 28.6. The van der Waals surface area contributed by atoms with E-state index in [0.717, 1.165) is 17.7 Å². The van der Waals surface area contributed by atoms with Crippen molar-refractivity contribution in [2.45, 2.75) is 52.4 Å². The van der Waals surface area contributed by atoms with Crippen molar-refractivity contribution in [1.82, 2.24) is 4.90 Å². The summed E-state index contributed by atoms with van der Waals surface area (Å²) in [5.74, 6) is 0.0343. The van der Waals surface area contributed by atoms with E-state index in [9.17, 15) is 27.9 Å². The number of carbonyl (C=O) groups excluding carboxylic acids is 1. The summed E-state index contributed by atoms with van der Waals surface area (Å²) in [7, 11) is 0. The second-order valence-electron chi connectivity index (χ2n) is 9.40. The lowest BCUT2D eigenvalue weighted by atomic mass is 10.1. The predicted octanol–water partition coefficient (Wildman–Crippen LogP) is 7.10. The molecule has 3 rings (SSSR count). The van der Waals surface area contributed by atoms with Crippen LogP contribution >= 0.6 is 0 Å². The highest BCUT2D eigenvalue weighted by molar-refractivity contribution is 5.94. The van der Waals surface area contributed by atoms with E-state index in [0.29, 0.717) is 35.8 Å². The minimum atomic E-state index is -4.47. The third kappa shape index (κ3) is 7.27. The standard InChI is InChI=1S/C29H30F3NO5/c1-5-15-33(26(34)21-9-11-22(12-10-21)29(30,31)32)18-20-7-6-8-23(17-20)37-24-13-14-25(19(2)16-24)38-28(3,4)27(35)36/h6-14,16-17H,5,15,18H2,1-4H3,(H,35,36). The maximum absolute atomic E-state index is 13.1. The Labute approximate surface area is 219 Å². The third-order valence-corrected chi connectivity index (χ3v) is 5.77. The molecule has 9 heteroatoms. The molecule has 0 heterocycles. The first-order valence-electron chi connectivity index (χ1n) is 12.1. The highest BCUT2D eigenvalue weighted by Gasteiger charge is 2.31. The van der Waals surface area contributed by atoms with Gasteiger partial charge in [-0.05, 0) is 92.9 Å². The van der Waals surface area contributed by atoms with Crippen LogP contribution < -0.4 is 9.47 Å². The third-order valence-electron chi connectivity index (χ3n) is 5.77. The topological polar surface area (TPSA) is 76.1 Å². The molecule has 3 aromatic rings. The molecule has 0 atom stereocenters. The van der Waals surface area contributed by atoms with Gasteiger partial charge in [0.1, 0.15) is 17.2 Å². The summed E-state index contributed by atoms with van der Waals surface area (Å²) in [5.41, 5.74) is -0.520. The Morgan fingerprint density at radius 2 is 1.61 bits per heavy atom. The van der Waals surface area contributed by atoms with Crippen LogP contribution in [0, 0.1) is 6.92 Å². The number of carbonyl (C=O) groups is 2. The van der Waals surface area contributed by atoms with E-state index >= 15 is 0 Å². The van der Waals surface area contributed by atoms with Crippen molar-refractivity contribution in [3.05, 3.63) is 89.0 Å². The van der Waals surface area contributed by atoms with Crippen molar-refractivity contribution in [3.63, 3.8) is 0 Å². The Bertz CT molecular complexity index is 1290. The molecule has 0 aliphatic heterocycles. The zero-order chi connectivity index (χ0) is 28.1. The Balaban J connectivity index is 1.73. The predicted molar refractivity (Wildman–Crippen MR) is 137 cm³/mol. The number of benzene rings is 3. The number of carboxylic acid groups (broad SMARTS) is 1. The number of rotatable bonds is 10. The molecule has 38 heavy (non-hydrogen) atoms. The fourth-order valence-electron chi connectivity index (χ4n) is 3.69. The van der Waals surface area contributed by atoms with E-state index in [4.69, 9.17) is 9.47 Å². The second-order valence-corrected chi connectivity index (χ2v) is 9.40. The number of amides is 1. The second kappa shape index (κ2) is 11.6. The van der Waals surface area contributed by atoms with Crippen LogP contribution in [0.5, 0.6) is 17.2 Å². The maximum Gasteiger partial charge on any atom is 0.416 e. The Morgan fingerprint density at radius 3 is 2.18 bits per heavy atom. The maximum atomic E-state index is 13.1. The lowest BCUT2D eigenvalue weighted by molar-refractivity contribution is -0.152. The molecule has 202 valence electrons. The number of nitrogens with zero attached hydrogens (tertiary/aromatic N) is 1. The molecule has 0 saturated heterocycles. The van der Waals surface area contributed by atoms with E-state index in [2.05, 4.69) is 0 Å². The molecule has 0 aliphatic carbocycles. The van der Waals surface area contributed by atoms with Gasteiger partial charge in [0, 0.05) is 18.7 Å². The summed E-state index contributed by atoms with van der Waals surface area (Å²) in [4.78, 5) is 26.0. The van der Waals surface area contributed by atoms with Gasteiger partial charge in [0.2, 0.25) is 0 Å². The summed E-state index contributed by atoms with van der Waals surface area (Å²) in [6, 6.07) is 16.4. The lowest BCUT2D eigenvalue weighted by Crippen LogP contribution is -2.38. The average Bonchev–Trinajstić information content (AvgIpc) is 2.84. The van der Waals surface area contributed by atoms with Gasteiger partial charge in [-0.25, -0.2) is 4.79 Å². The summed E-state index contributed by atoms with van der Waals surface area (Å²) in [5, 5.41) is 9.29. The number of halogens is 3. The number of aliphatic carboxylic acids is 1. The van der Waals surface area contributed by atoms with Gasteiger partial charge < -0.3 is 19.5 Å². The van der Waals surface area contributed by atoms with Crippen LogP contribution in [0.2, 0.25) is 0 Å². The van der Waals surface area contributed by atoms with Crippen LogP contribution in [-0.2, 0) is 17.5 Å². The fourth-order valence-corrected chi connectivity index (χ4v) is 3.69. The zero-order valence-corrected chi connectivity index (χ0v) is 21.6. The van der Waals surface area contributed by atoms with Crippen molar-refractivity contribution in [2.75, 3.05) is 6.54 Å². The molecule has 0 aliphatic rings. The van der Waals surface area contributed by atoms with Crippen LogP contribution in [0.3, 0.4) is 0 Å². The van der Waals surface area contributed by atoms with Gasteiger partial charge >= 0.3 is 12.1 Å². The van der Waals surface area contributed by atoms with Gasteiger partial charge in [-0.3, -0.25) is 4.79 Å². The van der Waals surface area contributed by atoms with Gasteiger partial charge in [0.15, 0.2) is 5.60 Å². The molecule has 0 radical (unpaired) electrons. The van der Waals surface area contributed by atoms with Crippen molar-refractivity contribution in [3.8, 4) is 17.2 Å². The largest absolute Gasteiger partial charge is 0.478 e. The summed E-state index contributed by atoms with van der Waals surface area (Å²) >= 11 is 0. The van der Waals surface area contributed by atoms with Gasteiger partial charge in [-0.15, -0.1) is 0 Å². The first-order chi connectivity index (χ1) is 17.8. The smallest absolute Gasteiger partial charge is 0.416 e. The number of alkyl halides is 3. The normalized spacial score (nSPS) is 11.7. The van der Waals surface area contributed by atoms with Crippen LogP contribution in [0.15, 0.2) is 66.7 Å². The molecule has 0 spiro atoms. The number of aryl methyl sites for hydroxylation is 1. The number of ether oxygens (including phenoxy) is 2. The summed E-state index contributed by atoms with van der Waals surface area (Å²) < 4.78 is 50.2. The Hall–Kier alpha value is -4.01. The number of carboxylic acids is 1. The molecule has 0 unspecified atom stereocenters. The highest BCUT2D eigenvalue weighted by Crippen LogP contribution is 2.31. The van der Waals surface area contributed by atoms with Crippen LogP contribution in [0.1, 0.15) is 54.2 Å². The van der Waals surface area contributed by atoms with Crippen molar-refractivity contribution in [1.29, 1.82) is 0 Å². The van der Waals surface area contributed by atoms with Crippen molar-refractivity contribution < 1.29 is 37.3 Å². The van der Waals surface area contributed by atoms with Crippen LogP contribution in [0.25, 0.3) is 0 Å². The molecule has 0 aromatic heterocycles. The molecule has 0 saturated carbocycles. The van der Waals surface area contributed by atoms with E-state index in [1.165, 1.54) is 26.0 Å².